The van der Waals surface area contributed by atoms with Gasteiger partial charge in [-0.15, -0.1) is 0 Å². The molecule has 7 nitrogen and oxygen atoms in total. The number of carbonyl (C=O) groups excluding carboxylic acids is 1. The third-order valence-electron chi connectivity index (χ3n) is 5.36. The number of anilines is 1. The molecule has 1 unspecified atom stereocenters. The molecule has 2 aromatic rings. The van der Waals surface area contributed by atoms with Crippen LogP contribution < -0.4 is 20.1 Å². The number of nitrogens with one attached hydrogen (secondary N) is 2. The Hall–Kier alpha value is -2.42. The van der Waals surface area contributed by atoms with E-state index in [-0.39, 0.29) is 16.8 Å². The van der Waals surface area contributed by atoms with Crippen molar-refractivity contribution in [3.63, 3.8) is 0 Å². The van der Waals surface area contributed by atoms with Gasteiger partial charge in [0.1, 0.15) is 11.8 Å². The van der Waals surface area contributed by atoms with Crippen molar-refractivity contribution in [1.82, 2.24) is 0 Å². The Bertz CT molecular complexity index is 927. The van der Waals surface area contributed by atoms with Crippen molar-refractivity contribution in [2.75, 3.05) is 25.5 Å². The fourth-order valence-electron chi connectivity index (χ4n) is 3.85. The first-order chi connectivity index (χ1) is 13.9. The van der Waals surface area contributed by atoms with E-state index in [0.29, 0.717) is 12.2 Å². The van der Waals surface area contributed by atoms with E-state index in [4.69, 9.17) is 9.88 Å². The molecule has 1 aliphatic rings. The summed E-state index contributed by atoms with van der Waals surface area (Å²) in [7, 11) is -2.09. The molecule has 1 aliphatic heterocycles. The lowest BCUT2D eigenvalue weighted by Crippen LogP contribution is -3.13. The smallest absolute Gasteiger partial charge is 0.279 e. The number of hydrogen-bond acceptors (Lipinski definition) is 4. The Morgan fingerprint density at radius 3 is 2.41 bits per heavy atom. The Balaban J connectivity index is 1.68. The highest BCUT2D eigenvalue weighted by Gasteiger charge is 2.28. The predicted octanol–water partition coefficient (Wildman–Crippen LogP) is 1.48. The molecule has 0 bridgehead atoms. The first-order valence-corrected chi connectivity index (χ1v) is 11.3. The Morgan fingerprint density at radius 1 is 1.10 bits per heavy atom. The SMILES string of the molecule is COc1ccc([C@@H]2CCCCC[NH+]2CC(=O)Nc2ccc(S(N)(=O)=O)cc2)cc1. The van der Waals surface area contributed by atoms with Crippen LogP contribution >= 0.6 is 0 Å². The highest BCUT2D eigenvalue weighted by atomic mass is 32.2. The molecule has 1 heterocycles. The van der Waals surface area contributed by atoms with Crippen molar-refractivity contribution >= 4 is 21.6 Å². The second-order valence-corrected chi connectivity index (χ2v) is 8.94. The zero-order chi connectivity index (χ0) is 20.9. The van der Waals surface area contributed by atoms with E-state index in [1.54, 1.807) is 19.2 Å². The Morgan fingerprint density at radius 2 is 1.79 bits per heavy atom. The van der Waals surface area contributed by atoms with Gasteiger partial charge in [-0.1, -0.05) is 0 Å². The molecule has 0 saturated carbocycles. The van der Waals surface area contributed by atoms with Crippen molar-refractivity contribution in [1.29, 1.82) is 0 Å². The fourth-order valence-corrected chi connectivity index (χ4v) is 4.36. The van der Waals surface area contributed by atoms with Gasteiger partial charge in [-0.3, -0.25) is 4.79 Å². The van der Waals surface area contributed by atoms with Gasteiger partial charge in [-0.2, -0.15) is 0 Å². The molecule has 0 spiro atoms. The molecule has 1 fully saturated rings. The topological polar surface area (TPSA) is 103 Å². The summed E-state index contributed by atoms with van der Waals surface area (Å²) in [6, 6.07) is 14.2. The predicted molar refractivity (Wildman–Crippen MR) is 111 cm³/mol. The largest absolute Gasteiger partial charge is 0.497 e. The zero-order valence-electron chi connectivity index (χ0n) is 16.6. The Labute approximate surface area is 171 Å². The maximum Gasteiger partial charge on any atom is 0.279 e. The number of methoxy groups -OCH3 is 1. The normalized spacial score (nSPS) is 19.9. The monoisotopic (exact) mass is 418 g/mol. The molecule has 156 valence electrons. The highest BCUT2D eigenvalue weighted by molar-refractivity contribution is 7.89. The molecule has 3 rings (SSSR count). The summed E-state index contributed by atoms with van der Waals surface area (Å²) < 4.78 is 28.0. The van der Waals surface area contributed by atoms with Gasteiger partial charge >= 0.3 is 0 Å². The molecule has 8 heteroatoms. The number of sulfonamides is 1. The fraction of sp³-hybridized carbons (Fsp3) is 0.381. The van der Waals surface area contributed by atoms with Crippen LogP contribution in [0.5, 0.6) is 5.75 Å². The van der Waals surface area contributed by atoms with Crippen LogP contribution in [0.4, 0.5) is 5.69 Å². The number of benzene rings is 2. The number of carbonyl (C=O) groups is 1. The molecule has 0 radical (unpaired) electrons. The van der Waals surface area contributed by atoms with Gasteiger partial charge in [-0.25, -0.2) is 13.6 Å². The van der Waals surface area contributed by atoms with Crippen molar-refractivity contribution in [2.45, 2.75) is 36.6 Å². The molecule has 1 saturated heterocycles. The van der Waals surface area contributed by atoms with Crippen LogP contribution in [0.15, 0.2) is 53.4 Å². The van der Waals surface area contributed by atoms with Gasteiger partial charge in [-0.05, 0) is 67.8 Å². The second kappa shape index (κ2) is 9.39. The average molecular weight is 419 g/mol. The summed E-state index contributed by atoms with van der Waals surface area (Å²) in [6.07, 6.45) is 4.46. The zero-order valence-corrected chi connectivity index (χ0v) is 17.4. The first kappa shape index (κ1) is 21.3. The summed E-state index contributed by atoms with van der Waals surface area (Å²) in [4.78, 5) is 13.9. The van der Waals surface area contributed by atoms with Crippen LogP contribution in [0.25, 0.3) is 0 Å². The molecule has 4 N–H and O–H groups in total. The lowest BCUT2D eigenvalue weighted by molar-refractivity contribution is -0.923. The van der Waals surface area contributed by atoms with E-state index < -0.39 is 10.0 Å². The number of hydrogen-bond donors (Lipinski definition) is 3. The van der Waals surface area contributed by atoms with Crippen LogP contribution in [0.3, 0.4) is 0 Å². The molecule has 0 aromatic heterocycles. The number of amides is 1. The third kappa shape index (κ3) is 5.79. The van der Waals surface area contributed by atoms with Gasteiger partial charge in [0.05, 0.1) is 18.6 Å². The molecule has 29 heavy (non-hydrogen) atoms. The number of rotatable bonds is 6. The molecule has 0 aliphatic carbocycles. The minimum absolute atomic E-state index is 0.0215. The number of likely N-dealkylation sites (tertiary alicyclic amines) is 1. The lowest BCUT2D eigenvalue weighted by Gasteiger charge is -2.27. The molecule has 1 amide bonds. The maximum atomic E-state index is 12.7. The summed E-state index contributed by atoms with van der Waals surface area (Å²) >= 11 is 0. The third-order valence-corrected chi connectivity index (χ3v) is 6.29. The summed E-state index contributed by atoms with van der Waals surface area (Å²) in [5, 5.41) is 7.97. The van der Waals surface area contributed by atoms with E-state index in [1.807, 2.05) is 12.1 Å². The van der Waals surface area contributed by atoms with E-state index in [1.165, 1.54) is 29.0 Å². The molecular weight excluding hydrogens is 390 g/mol. The number of quaternary nitrogens is 1. The van der Waals surface area contributed by atoms with E-state index >= 15 is 0 Å². The van der Waals surface area contributed by atoms with Gasteiger partial charge in [0, 0.05) is 17.7 Å². The van der Waals surface area contributed by atoms with Gasteiger partial charge in [0.15, 0.2) is 6.54 Å². The van der Waals surface area contributed by atoms with E-state index in [9.17, 15) is 13.2 Å². The van der Waals surface area contributed by atoms with Gasteiger partial charge < -0.3 is 15.0 Å². The number of ether oxygens (including phenoxy) is 1. The van der Waals surface area contributed by atoms with E-state index in [0.717, 1.165) is 31.6 Å². The minimum Gasteiger partial charge on any atom is -0.497 e. The van der Waals surface area contributed by atoms with Crippen molar-refractivity contribution < 1.29 is 22.8 Å². The van der Waals surface area contributed by atoms with E-state index in [2.05, 4.69) is 17.4 Å². The molecular formula is C21H28N3O4S+. The van der Waals surface area contributed by atoms with Crippen molar-refractivity contribution in [3.05, 3.63) is 54.1 Å². The quantitative estimate of drug-likeness (QED) is 0.661. The number of primary sulfonamides is 1. The van der Waals surface area contributed by atoms with Crippen LogP contribution in [0.2, 0.25) is 0 Å². The molecule has 2 aromatic carbocycles. The van der Waals surface area contributed by atoms with Crippen LogP contribution in [0, 0.1) is 0 Å². The minimum atomic E-state index is -3.74. The lowest BCUT2D eigenvalue weighted by atomic mass is 10.0. The van der Waals surface area contributed by atoms with Crippen LogP contribution in [0.1, 0.15) is 37.3 Å². The Kier molecular flexibility index (Phi) is 6.89. The van der Waals surface area contributed by atoms with Gasteiger partial charge in [0.25, 0.3) is 5.91 Å². The summed E-state index contributed by atoms with van der Waals surface area (Å²) in [5.41, 5.74) is 1.77. The van der Waals surface area contributed by atoms with Gasteiger partial charge in [0.2, 0.25) is 10.0 Å². The standard InChI is InChI=1S/C21H27N3O4S/c1-28-18-10-6-16(7-11-18)20-5-3-2-4-14-24(20)15-21(25)23-17-8-12-19(13-9-17)29(22,26)27/h6-13,20H,2-5,14-15H2,1H3,(H,23,25)(H2,22,26,27)/p+1/t20-/m0/s1. The average Bonchev–Trinajstić information content (AvgIpc) is 2.93. The van der Waals surface area contributed by atoms with Crippen molar-refractivity contribution in [2.24, 2.45) is 5.14 Å². The van der Waals surface area contributed by atoms with Crippen LogP contribution in [-0.4, -0.2) is 34.5 Å². The first-order valence-electron chi connectivity index (χ1n) is 9.78. The number of nitrogens with two attached hydrogens (primary N) is 1. The maximum absolute atomic E-state index is 12.7. The summed E-state index contributed by atoms with van der Waals surface area (Å²) in [5.74, 6) is 0.730. The molecule has 2 atom stereocenters. The highest BCUT2D eigenvalue weighted by Crippen LogP contribution is 2.22. The summed E-state index contributed by atoms with van der Waals surface area (Å²) in [6.45, 7) is 1.29. The van der Waals surface area contributed by atoms with Crippen molar-refractivity contribution in [3.8, 4) is 5.75 Å². The van der Waals surface area contributed by atoms with Crippen LogP contribution in [-0.2, 0) is 14.8 Å². The second-order valence-electron chi connectivity index (χ2n) is 7.38.